The largest absolute Gasteiger partial charge is 0.446 e. The highest BCUT2D eigenvalue weighted by molar-refractivity contribution is 9.10. The Balaban J connectivity index is 2.15. The van der Waals surface area contributed by atoms with E-state index >= 15 is 0 Å². The van der Waals surface area contributed by atoms with Crippen LogP contribution >= 0.6 is 27.5 Å². The van der Waals surface area contributed by atoms with E-state index in [-0.39, 0.29) is 23.0 Å². The number of carbonyl (C=O) groups is 1. The number of rotatable bonds is 3. The summed E-state index contributed by atoms with van der Waals surface area (Å²) in [6.45, 7) is 0. The monoisotopic (exact) mass is 316 g/mol. The van der Waals surface area contributed by atoms with Crippen molar-refractivity contribution in [3.05, 3.63) is 57.2 Å². The van der Waals surface area contributed by atoms with E-state index in [1.54, 1.807) is 18.2 Å². The molecule has 0 aliphatic heterocycles. The molecule has 0 amide bonds. The van der Waals surface area contributed by atoms with Crippen molar-refractivity contribution < 1.29 is 13.6 Å². The van der Waals surface area contributed by atoms with Crippen LogP contribution in [0.4, 0.5) is 4.39 Å². The Morgan fingerprint density at radius 3 is 2.71 bits per heavy atom. The number of ketones is 1. The summed E-state index contributed by atoms with van der Waals surface area (Å²) in [5.41, 5.74) is 0.560. The molecule has 2 nitrogen and oxygen atoms in total. The zero-order valence-corrected chi connectivity index (χ0v) is 10.9. The fraction of sp³-hybridized carbons (Fsp3) is 0.0833. The third kappa shape index (κ3) is 2.96. The van der Waals surface area contributed by atoms with Gasteiger partial charge >= 0.3 is 0 Å². The van der Waals surface area contributed by atoms with Crippen LogP contribution in [0.25, 0.3) is 0 Å². The molecule has 88 valence electrons. The van der Waals surface area contributed by atoms with Crippen LogP contribution < -0.4 is 0 Å². The molecule has 2 aromatic rings. The van der Waals surface area contributed by atoms with E-state index in [2.05, 4.69) is 15.9 Å². The zero-order valence-electron chi connectivity index (χ0n) is 8.54. The standard InChI is InChI=1S/C12H7BrClFO2/c13-12-4-3-11(17-12)10(16)6-7-1-2-8(14)9(15)5-7/h1-5H,6H2. The lowest BCUT2D eigenvalue weighted by molar-refractivity contribution is 0.0965. The van der Waals surface area contributed by atoms with Gasteiger partial charge in [-0.25, -0.2) is 4.39 Å². The molecule has 0 saturated carbocycles. The first kappa shape index (κ1) is 12.3. The Hall–Kier alpha value is -1.13. The lowest BCUT2D eigenvalue weighted by Gasteiger charge is -2.00. The maximum Gasteiger partial charge on any atom is 0.202 e. The van der Waals surface area contributed by atoms with Gasteiger partial charge in [-0.3, -0.25) is 4.79 Å². The predicted molar refractivity (Wildman–Crippen MR) is 65.9 cm³/mol. The summed E-state index contributed by atoms with van der Waals surface area (Å²) in [5, 5.41) is 0.0435. The van der Waals surface area contributed by atoms with Crippen molar-refractivity contribution in [2.75, 3.05) is 0 Å². The molecule has 0 saturated heterocycles. The molecule has 1 aromatic heterocycles. The van der Waals surface area contributed by atoms with E-state index in [9.17, 15) is 9.18 Å². The van der Waals surface area contributed by atoms with Gasteiger partial charge in [-0.15, -0.1) is 0 Å². The van der Waals surface area contributed by atoms with Crippen LogP contribution in [0.3, 0.4) is 0 Å². The highest BCUT2D eigenvalue weighted by Gasteiger charge is 2.12. The summed E-state index contributed by atoms with van der Waals surface area (Å²) in [6, 6.07) is 7.49. The van der Waals surface area contributed by atoms with Gasteiger partial charge in [-0.05, 0) is 45.8 Å². The Morgan fingerprint density at radius 2 is 2.12 bits per heavy atom. The van der Waals surface area contributed by atoms with Crippen LogP contribution in [0.2, 0.25) is 5.02 Å². The van der Waals surface area contributed by atoms with Crippen molar-refractivity contribution in [2.45, 2.75) is 6.42 Å². The predicted octanol–water partition coefficient (Wildman–Crippen LogP) is 4.26. The van der Waals surface area contributed by atoms with Crippen LogP contribution in [0.5, 0.6) is 0 Å². The fourth-order valence-electron chi connectivity index (χ4n) is 1.39. The summed E-state index contributed by atoms with van der Waals surface area (Å²) >= 11 is 8.66. The molecule has 0 N–H and O–H groups in total. The van der Waals surface area contributed by atoms with Gasteiger partial charge in [0, 0.05) is 6.42 Å². The summed E-state index contributed by atoms with van der Waals surface area (Å²) in [5.74, 6) is -0.498. The third-order valence-corrected chi connectivity index (χ3v) is 2.93. The van der Waals surface area contributed by atoms with Gasteiger partial charge in [0.2, 0.25) is 5.78 Å². The van der Waals surface area contributed by atoms with Crippen molar-refractivity contribution in [3.63, 3.8) is 0 Å². The molecule has 0 fully saturated rings. The molecular formula is C12H7BrClFO2. The Labute approximate surface area is 111 Å². The van der Waals surface area contributed by atoms with Gasteiger partial charge in [-0.2, -0.15) is 0 Å². The zero-order chi connectivity index (χ0) is 12.4. The van der Waals surface area contributed by atoms with Crippen LogP contribution in [-0.4, -0.2) is 5.78 Å². The maximum absolute atomic E-state index is 13.2. The minimum absolute atomic E-state index is 0.0435. The average Bonchev–Trinajstić information content (AvgIpc) is 2.70. The van der Waals surface area contributed by atoms with Crippen LogP contribution in [-0.2, 0) is 6.42 Å². The van der Waals surface area contributed by atoms with E-state index in [1.807, 2.05) is 0 Å². The minimum atomic E-state index is -0.530. The molecule has 2 rings (SSSR count). The molecule has 0 radical (unpaired) electrons. The molecule has 5 heteroatoms. The first-order chi connectivity index (χ1) is 8.06. The quantitative estimate of drug-likeness (QED) is 0.792. The van der Waals surface area contributed by atoms with Gasteiger partial charge < -0.3 is 4.42 Å². The Bertz CT molecular complexity index is 565. The number of halogens is 3. The second kappa shape index (κ2) is 5.02. The normalized spacial score (nSPS) is 10.5. The van der Waals surface area contributed by atoms with Crippen molar-refractivity contribution in [1.82, 2.24) is 0 Å². The average molecular weight is 318 g/mol. The van der Waals surface area contributed by atoms with Gasteiger partial charge in [-0.1, -0.05) is 17.7 Å². The first-order valence-electron chi connectivity index (χ1n) is 4.79. The summed E-state index contributed by atoms with van der Waals surface area (Å²) in [6.07, 6.45) is 0.0774. The van der Waals surface area contributed by atoms with Crippen molar-refractivity contribution in [3.8, 4) is 0 Å². The van der Waals surface area contributed by atoms with E-state index in [1.165, 1.54) is 12.1 Å². The lowest BCUT2D eigenvalue weighted by atomic mass is 10.1. The van der Waals surface area contributed by atoms with Crippen LogP contribution in [0, 0.1) is 5.82 Å². The van der Waals surface area contributed by atoms with Gasteiger partial charge in [0.15, 0.2) is 10.4 Å². The molecule has 1 aromatic carbocycles. The summed E-state index contributed by atoms with van der Waals surface area (Å²) in [4.78, 5) is 11.8. The number of hydrogen-bond donors (Lipinski definition) is 0. The van der Waals surface area contributed by atoms with Crippen molar-refractivity contribution >= 4 is 33.3 Å². The lowest BCUT2D eigenvalue weighted by Crippen LogP contribution is -2.02. The van der Waals surface area contributed by atoms with Gasteiger partial charge in [0.25, 0.3) is 0 Å². The smallest absolute Gasteiger partial charge is 0.202 e. The molecule has 0 unspecified atom stereocenters. The molecule has 0 aliphatic rings. The second-order valence-corrected chi connectivity index (χ2v) is 4.64. The highest BCUT2D eigenvalue weighted by atomic mass is 79.9. The second-order valence-electron chi connectivity index (χ2n) is 3.45. The molecule has 0 bridgehead atoms. The summed E-state index contributed by atoms with van der Waals surface area (Å²) < 4.78 is 18.8. The van der Waals surface area contributed by atoms with Crippen molar-refractivity contribution in [2.24, 2.45) is 0 Å². The SMILES string of the molecule is O=C(Cc1ccc(Cl)c(F)c1)c1ccc(Br)o1. The molecular weight excluding hydrogens is 310 g/mol. The molecule has 0 spiro atoms. The Kier molecular flexibility index (Phi) is 3.64. The minimum Gasteiger partial charge on any atom is -0.446 e. The van der Waals surface area contributed by atoms with E-state index in [0.29, 0.717) is 10.2 Å². The van der Waals surface area contributed by atoms with E-state index in [0.717, 1.165) is 0 Å². The number of carbonyl (C=O) groups excluding carboxylic acids is 1. The van der Waals surface area contributed by atoms with Gasteiger partial charge in [0.1, 0.15) is 5.82 Å². The number of benzene rings is 1. The highest BCUT2D eigenvalue weighted by Crippen LogP contribution is 2.19. The van der Waals surface area contributed by atoms with Crippen molar-refractivity contribution in [1.29, 1.82) is 0 Å². The van der Waals surface area contributed by atoms with Crippen LogP contribution in [0.1, 0.15) is 16.1 Å². The summed E-state index contributed by atoms with van der Waals surface area (Å²) in [7, 11) is 0. The molecule has 0 atom stereocenters. The first-order valence-corrected chi connectivity index (χ1v) is 5.96. The van der Waals surface area contributed by atoms with Gasteiger partial charge in [0.05, 0.1) is 5.02 Å². The molecule has 1 heterocycles. The topological polar surface area (TPSA) is 30.2 Å². The van der Waals surface area contributed by atoms with E-state index < -0.39 is 5.82 Å². The Morgan fingerprint density at radius 1 is 1.35 bits per heavy atom. The molecule has 0 aliphatic carbocycles. The maximum atomic E-state index is 13.2. The number of Topliss-reactive ketones (excluding diaryl/α,β-unsaturated/α-hetero) is 1. The van der Waals surface area contributed by atoms with Crippen LogP contribution in [0.15, 0.2) is 39.4 Å². The van der Waals surface area contributed by atoms with E-state index in [4.69, 9.17) is 16.0 Å². The molecule has 17 heavy (non-hydrogen) atoms. The number of furan rings is 1. The third-order valence-electron chi connectivity index (χ3n) is 2.20. The fourth-order valence-corrected chi connectivity index (χ4v) is 1.81. The number of hydrogen-bond acceptors (Lipinski definition) is 2.